The number of nitro benzene ring substituents is 1. The lowest BCUT2D eigenvalue weighted by atomic mass is 9.77. The second kappa shape index (κ2) is 7.62. The molecule has 1 fully saturated rings. The molecule has 9 nitrogen and oxygen atoms in total. The average Bonchev–Trinajstić information content (AvgIpc) is 3.00. The first-order chi connectivity index (χ1) is 14.2. The monoisotopic (exact) mass is 449 g/mol. The van der Waals surface area contributed by atoms with Gasteiger partial charge in [-0.15, -0.1) is 0 Å². The number of amides is 1. The summed E-state index contributed by atoms with van der Waals surface area (Å²) in [4.78, 5) is 26.4. The number of nitrogens with one attached hydrogen (secondary N) is 1. The Morgan fingerprint density at radius 2 is 2.03 bits per heavy atom. The standard InChI is InChI=1S/C18H19F4N3O6/c1-16(2,3)31-15(26)23-14-24-17(10-6-9(25(27)28)4-5-12(10)19)8-30-13(18(20,21)22)11(17)7-29-14/h4-6,11,13H,7-8H2,1-3H3,(H,23,24,26)/t11-,13+,17-/m1/s1. The van der Waals surface area contributed by atoms with E-state index in [9.17, 15) is 32.5 Å². The first-order valence-electron chi connectivity index (χ1n) is 9.08. The Balaban J connectivity index is 2.07. The van der Waals surface area contributed by atoms with Crippen molar-refractivity contribution in [1.29, 1.82) is 0 Å². The molecule has 1 amide bonds. The minimum Gasteiger partial charge on any atom is -0.464 e. The number of aliphatic imine (C=N–C) groups is 1. The number of nitro groups is 1. The number of non-ortho nitro benzene ring substituents is 1. The van der Waals surface area contributed by atoms with Crippen LogP contribution in [0.15, 0.2) is 23.2 Å². The molecule has 3 rings (SSSR count). The first-order valence-corrected chi connectivity index (χ1v) is 9.08. The minimum absolute atomic E-state index is 0.467. The number of hydrogen-bond donors (Lipinski definition) is 1. The van der Waals surface area contributed by atoms with Crippen LogP contribution in [0.3, 0.4) is 0 Å². The SMILES string of the molecule is CC(C)(C)OC(=O)NC1=N[C@@]2(c3cc([N+](=O)[O-])ccc3F)CO[C@H](C(F)(F)F)[C@H]2CO1. The highest BCUT2D eigenvalue weighted by atomic mass is 19.4. The van der Waals surface area contributed by atoms with Crippen molar-refractivity contribution in [3.05, 3.63) is 39.7 Å². The van der Waals surface area contributed by atoms with Gasteiger partial charge in [0, 0.05) is 17.7 Å². The largest absolute Gasteiger partial charge is 0.464 e. The molecule has 0 unspecified atom stereocenters. The molecule has 1 N–H and O–H groups in total. The van der Waals surface area contributed by atoms with Crippen molar-refractivity contribution in [3.63, 3.8) is 0 Å². The number of fused-ring (bicyclic) bond motifs is 1. The summed E-state index contributed by atoms with van der Waals surface area (Å²) in [6.07, 6.45) is -8.16. The third-order valence-corrected chi connectivity index (χ3v) is 4.72. The molecule has 1 aromatic rings. The Morgan fingerprint density at radius 3 is 2.61 bits per heavy atom. The van der Waals surface area contributed by atoms with Crippen LogP contribution in [0.25, 0.3) is 0 Å². The van der Waals surface area contributed by atoms with Crippen LogP contribution in [0, 0.1) is 21.8 Å². The van der Waals surface area contributed by atoms with Gasteiger partial charge < -0.3 is 14.2 Å². The molecule has 0 spiro atoms. The Bertz CT molecular complexity index is 930. The Labute approximate surface area is 173 Å². The Hall–Kier alpha value is -2.96. The molecule has 0 aliphatic carbocycles. The summed E-state index contributed by atoms with van der Waals surface area (Å²) in [5.41, 5.74) is -3.91. The molecule has 1 saturated heterocycles. The molecule has 2 aliphatic heterocycles. The van der Waals surface area contributed by atoms with Gasteiger partial charge in [-0.05, 0) is 26.8 Å². The van der Waals surface area contributed by atoms with Gasteiger partial charge in [0.1, 0.15) is 17.0 Å². The van der Waals surface area contributed by atoms with Gasteiger partial charge in [-0.1, -0.05) is 0 Å². The van der Waals surface area contributed by atoms with Gasteiger partial charge in [0.05, 0.1) is 24.1 Å². The number of carbonyl (C=O) groups excluding carboxylic acids is 1. The molecule has 0 aromatic heterocycles. The van der Waals surface area contributed by atoms with Crippen LogP contribution in [-0.4, -0.2) is 48.1 Å². The van der Waals surface area contributed by atoms with Crippen molar-refractivity contribution in [3.8, 4) is 0 Å². The van der Waals surface area contributed by atoms with Gasteiger partial charge in [-0.3, -0.25) is 10.1 Å². The number of halogens is 4. The van der Waals surface area contributed by atoms with Crippen LogP contribution in [-0.2, 0) is 19.7 Å². The summed E-state index contributed by atoms with van der Waals surface area (Å²) in [5, 5.41) is 13.3. The second-order valence-corrected chi connectivity index (χ2v) is 8.08. The lowest BCUT2D eigenvalue weighted by molar-refractivity contribution is -0.385. The average molecular weight is 449 g/mol. The van der Waals surface area contributed by atoms with Crippen LogP contribution >= 0.6 is 0 Å². The van der Waals surface area contributed by atoms with Gasteiger partial charge in [0.25, 0.3) is 11.7 Å². The summed E-state index contributed by atoms with van der Waals surface area (Å²) in [6.45, 7) is 3.39. The van der Waals surface area contributed by atoms with E-state index in [0.717, 1.165) is 18.2 Å². The number of alkyl halides is 3. The van der Waals surface area contributed by atoms with Gasteiger partial charge in [-0.2, -0.15) is 13.2 Å². The van der Waals surface area contributed by atoms with E-state index in [4.69, 9.17) is 14.2 Å². The molecule has 3 atom stereocenters. The lowest BCUT2D eigenvalue weighted by Crippen LogP contribution is -2.50. The number of hydrogen-bond acceptors (Lipinski definition) is 7. The fourth-order valence-corrected chi connectivity index (χ4v) is 3.49. The quantitative estimate of drug-likeness (QED) is 0.421. The van der Waals surface area contributed by atoms with Crippen molar-refractivity contribution in [2.75, 3.05) is 13.2 Å². The van der Waals surface area contributed by atoms with E-state index < -0.39 is 76.7 Å². The maximum Gasteiger partial charge on any atom is 0.415 e. The van der Waals surface area contributed by atoms with E-state index in [-0.39, 0.29) is 0 Å². The number of benzene rings is 1. The van der Waals surface area contributed by atoms with E-state index in [1.165, 1.54) is 0 Å². The van der Waals surface area contributed by atoms with E-state index in [1.54, 1.807) is 20.8 Å². The van der Waals surface area contributed by atoms with Gasteiger partial charge in [0.15, 0.2) is 6.10 Å². The molecule has 0 bridgehead atoms. The zero-order valence-corrected chi connectivity index (χ0v) is 16.7. The second-order valence-electron chi connectivity index (χ2n) is 8.08. The number of rotatable bonds is 2. The van der Waals surface area contributed by atoms with Gasteiger partial charge >= 0.3 is 12.3 Å². The van der Waals surface area contributed by atoms with Gasteiger partial charge in [0.2, 0.25) is 0 Å². The summed E-state index contributed by atoms with van der Waals surface area (Å²) in [6, 6.07) is 1.95. The van der Waals surface area contributed by atoms with Crippen molar-refractivity contribution in [2.24, 2.45) is 10.9 Å². The van der Waals surface area contributed by atoms with E-state index >= 15 is 0 Å². The molecule has 2 heterocycles. The molecule has 2 aliphatic rings. The highest BCUT2D eigenvalue weighted by Gasteiger charge is 2.63. The maximum atomic E-state index is 14.7. The number of alkyl carbamates (subject to hydrolysis) is 1. The third-order valence-electron chi connectivity index (χ3n) is 4.72. The Kier molecular flexibility index (Phi) is 5.59. The predicted octanol–water partition coefficient (Wildman–Crippen LogP) is 3.42. The number of nitrogens with zero attached hydrogens (tertiary/aromatic N) is 2. The van der Waals surface area contributed by atoms with Crippen LogP contribution in [0.5, 0.6) is 0 Å². The molecular formula is C18H19F4N3O6. The lowest BCUT2D eigenvalue weighted by Gasteiger charge is -2.36. The van der Waals surface area contributed by atoms with Crippen LogP contribution in [0.1, 0.15) is 26.3 Å². The predicted molar refractivity (Wildman–Crippen MR) is 96.8 cm³/mol. The van der Waals surface area contributed by atoms with Crippen LogP contribution in [0.4, 0.5) is 28.0 Å². The van der Waals surface area contributed by atoms with Crippen molar-refractivity contribution >= 4 is 17.8 Å². The van der Waals surface area contributed by atoms with E-state index in [2.05, 4.69) is 10.3 Å². The number of ether oxygens (including phenoxy) is 3. The molecule has 170 valence electrons. The molecule has 31 heavy (non-hydrogen) atoms. The van der Waals surface area contributed by atoms with Crippen molar-refractivity contribution in [2.45, 2.75) is 44.2 Å². The van der Waals surface area contributed by atoms with Crippen molar-refractivity contribution < 1.29 is 41.5 Å². The third kappa shape index (κ3) is 4.55. The van der Waals surface area contributed by atoms with Gasteiger partial charge in [-0.25, -0.2) is 19.5 Å². The molecule has 13 heteroatoms. The summed E-state index contributed by atoms with van der Waals surface area (Å²) in [7, 11) is 0. The van der Waals surface area contributed by atoms with E-state index in [1.807, 2.05) is 0 Å². The highest BCUT2D eigenvalue weighted by Crippen LogP contribution is 2.50. The smallest absolute Gasteiger partial charge is 0.415 e. The zero-order valence-electron chi connectivity index (χ0n) is 16.7. The summed E-state index contributed by atoms with van der Waals surface area (Å²) < 4.78 is 70.3. The minimum atomic E-state index is -4.82. The molecular weight excluding hydrogens is 430 g/mol. The normalized spacial score (nSPS) is 25.8. The molecule has 0 radical (unpaired) electrons. The zero-order chi connectivity index (χ0) is 23.2. The first kappa shape index (κ1) is 22.7. The van der Waals surface area contributed by atoms with Crippen LogP contribution < -0.4 is 5.32 Å². The Morgan fingerprint density at radius 1 is 1.35 bits per heavy atom. The van der Waals surface area contributed by atoms with Crippen molar-refractivity contribution in [1.82, 2.24) is 5.32 Å². The fraction of sp³-hybridized carbons (Fsp3) is 0.556. The molecule has 0 saturated carbocycles. The van der Waals surface area contributed by atoms with E-state index in [0.29, 0.717) is 0 Å². The summed E-state index contributed by atoms with van der Waals surface area (Å²) in [5.74, 6) is -2.56. The summed E-state index contributed by atoms with van der Waals surface area (Å²) >= 11 is 0. The number of amidine groups is 1. The van der Waals surface area contributed by atoms with Crippen LogP contribution in [0.2, 0.25) is 0 Å². The topological polar surface area (TPSA) is 112 Å². The molecule has 1 aromatic carbocycles. The number of carbonyl (C=O) groups is 1. The maximum absolute atomic E-state index is 14.7. The fourth-order valence-electron chi connectivity index (χ4n) is 3.49. The highest BCUT2D eigenvalue weighted by molar-refractivity contribution is 5.91.